The standard InChI is InChI=1S/C22H27ClN2O3S/c1-15(2)17-5-7-19(8-6-17)29(27,28)25-12-10-18(11-13-25)22(26)24-21-9-4-16(3)14-20(21)23/h4-9,14-15,18H,10-13H2,1-3H3,(H,24,26). The average Bonchev–Trinajstić information content (AvgIpc) is 2.70. The van der Waals surface area contributed by atoms with Gasteiger partial charge in [0.05, 0.1) is 15.6 Å². The van der Waals surface area contributed by atoms with Gasteiger partial charge in [-0.2, -0.15) is 4.31 Å². The minimum Gasteiger partial charge on any atom is -0.325 e. The lowest BCUT2D eigenvalue weighted by Crippen LogP contribution is -2.41. The highest BCUT2D eigenvalue weighted by Crippen LogP contribution is 2.28. The summed E-state index contributed by atoms with van der Waals surface area (Å²) in [5, 5.41) is 3.37. The van der Waals surface area contributed by atoms with E-state index in [9.17, 15) is 13.2 Å². The van der Waals surface area contributed by atoms with Gasteiger partial charge in [0.25, 0.3) is 0 Å². The summed E-state index contributed by atoms with van der Waals surface area (Å²) in [6.07, 6.45) is 0.969. The van der Waals surface area contributed by atoms with Crippen molar-refractivity contribution in [2.24, 2.45) is 5.92 Å². The van der Waals surface area contributed by atoms with Gasteiger partial charge in [0.15, 0.2) is 0 Å². The zero-order valence-electron chi connectivity index (χ0n) is 17.0. The number of piperidine rings is 1. The predicted octanol–water partition coefficient (Wildman–Crippen LogP) is 4.81. The maximum atomic E-state index is 12.9. The van der Waals surface area contributed by atoms with Crippen molar-refractivity contribution in [3.8, 4) is 0 Å². The molecule has 5 nitrogen and oxygen atoms in total. The molecular formula is C22H27ClN2O3S. The number of carbonyl (C=O) groups is 1. The van der Waals surface area contributed by atoms with Crippen LogP contribution in [-0.2, 0) is 14.8 Å². The molecule has 7 heteroatoms. The zero-order chi connectivity index (χ0) is 21.2. The van der Waals surface area contributed by atoms with Crippen LogP contribution in [0.2, 0.25) is 5.02 Å². The smallest absolute Gasteiger partial charge is 0.243 e. The lowest BCUT2D eigenvalue weighted by Gasteiger charge is -2.30. The number of rotatable bonds is 5. The van der Waals surface area contributed by atoms with Gasteiger partial charge in [0, 0.05) is 19.0 Å². The number of anilines is 1. The maximum Gasteiger partial charge on any atom is 0.243 e. The number of nitrogens with one attached hydrogen (secondary N) is 1. The highest BCUT2D eigenvalue weighted by molar-refractivity contribution is 7.89. The summed E-state index contributed by atoms with van der Waals surface area (Å²) in [5.74, 6) is -0.000678. The van der Waals surface area contributed by atoms with Gasteiger partial charge in [-0.15, -0.1) is 0 Å². The summed E-state index contributed by atoms with van der Waals surface area (Å²) in [5.41, 5.74) is 2.71. The van der Waals surface area contributed by atoms with E-state index in [1.54, 1.807) is 24.3 Å². The van der Waals surface area contributed by atoms with E-state index in [2.05, 4.69) is 19.2 Å². The third-order valence-corrected chi connectivity index (χ3v) is 7.62. The minimum absolute atomic E-state index is 0.117. The Labute approximate surface area is 178 Å². The first-order valence-electron chi connectivity index (χ1n) is 9.85. The van der Waals surface area contributed by atoms with Crippen LogP contribution in [0.15, 0.2) is 47.4 Å². The Bertz CT molecular complexity index is 980. The third kappa shape index (κ3) is 5.00. The first-order chi connectivity index (χ1) is 13.7. The van der Waals surface area contributed by atoms with Crippen molar-refractivity contribution in [1.82, 2.24) is 4.31 Å². The van der Waals surface area contributed by atoms with Gasteiger partial charge in [-0.3, -0.25) is 4.79 Å². The molecule has 0 aliphatic carbocycles. The molecule has 0 radical (unpaired) electrons. The van der Waals surface area contributed by atoms with Crippen LogP contribution in [0.4, 0.5) is 5.69 Å². The summed E-state index contributed by atoms with van der Waals surface area (Å²) in [7, 11) is -3.54. The van der Waals surface area contributed by atoms with Crippen LogP contribution < -0.4 is 5.32 Å². The number of amides is 1. The number of nitrogens with zero attached hydrogens (tertiary/aromatic N) is 1. The number of benzene rings is 2. The van der Waals surface area contributed by atoms with Crippen molar-refractivity contribution < 1.29 is 13.2 Å². The van der Waals surface area contributed by atoms with Gasteiger partial charge in [-0.25, -0.2) is 8.42 Å². The number of hydrogen-bond donors (Lipinski definition) is 1. The van der Waals surface area contributed by atoms with Crippen LogP contribution in [0.5, 0.6) is 0 Å². The Morgan fingerprint density at radius 2 is 1.72 bits per heavy atom. The van der Waals surface area contributed by atoms with Gasteiger partial charge in [-0.05, 0) is 61.1 Å². The second kappa shape index (κ2) is 8.86. The lowest BCUT2D eigenvalue weighted by atomic mass is 9.97. The van der Waals surface area contributed by atoms with Crippen molar-refractivity contribution in [3.63, 3.8) is 0 Å². The van der Waals surface area contributed by atoms with Crippen molar-refractivity contribution in [3.05, 3.63) is 58.6 Å². The van der Waals surface area contributed by atoms with Gasteiger partial charge in [-0.1, -0.05) is 43.6 Å². The molecule has 0 saturated carbocycles. The van der Waals surface area contributed by atoms with E-state index in [0.29, 0.717) is 47.5 Å². The molecule has 1 aliphatic rings. The van der Waals surface area contributed by atoms with Gasteiger partial charge >= 0.3 is 0 Å². The van der Waals surface area contributed by atoms with E-state index in [1.165, 1.54) is 4.31 Å². The molecule has 0 aromatic heterocycles. The van der Waals surface area contributed by atoms with Crippen molar-refractivity contribution >= 4 is 33.2 Å². The van der Waals surface area contributed by atoms with Gasteiger partial charge in [0.2, 0.25) is 15.9 Å². The second-order valence-corrected chi connectivity index (χ2v) is 10.2. The van der Waals surface area contributed by atoms with E-state index in [0.717, 1.165) is 11.1 Å². The summed E-state index contributed by atoms with van der Waals surface area (Å²) in [6, 6.07) is 12.5. The fourth-order valence-corrected chi connectivity index (χ4v) is 5.24. The molecule has 29 heavy (non-hydrogen) atoms. The molecule has 0 unspecified atom stereocenters. The van der Waals surface area contributed by atoms with Crippen LogP contribution in [0.25, 0.3) is 0 Å². The normalized spacial score (nSPS) is 16.2. The number of hydrogen-bond acceptors (Lipinski definition) is 3. The number of sulfonamides is 1. The Morgan fingerprint density at radius 3 is 2.28 bits per heavy atom. The fraction of sp³-hybridized carbons (Fsp3) is 0.409. The SMILES string of the molecule is Cc1ccc(NC(=O)C2CCN(S(=O)(=O)c3ccc(C(C)C)cc3)CC2)c(Cl)c1. The highest BCUT2D eigenvalue weighted by Gasteiger charge is 2.32. The predicted molar refractivity (Wildman–Crippen MR) is 117 cm³/mol. The number of aryl methyl sites for hydroxylation is 1. The highest BCUT2D eigenvalue weighted by atomic mass is 35.5. The first kappa shape index (κ1) is 21.8. The monoisotopic (exact) mass is 434 g/mol. The molecular weight excluding hydrogens is 408 g/mol. The van der Waals surface area contributed by atoms with Crippen LogP contribution in [0, 0.1) is 12.8 Å². The van der Waals surface area contributed by atoms with Crippen LogP contribution in [0.3, 0.4) is 0 Å². The Morgan fingerprint density at radius 1 is 1.10 bits per heavy atom. The Hall–Kier alpha value is -1.89. The summed E-state index contributed by atoms with van der Waals surface area (Å²) in [4.78, 5) is 12.9. The molecule has 1 aliphatic heterocycles. The summed E-state index contributed by atoms with van der Waals surface area (Å²) >= 11 is 6.19. The first-order valence-corrected chi connectivity index (χ1v) is 11.7. The van der Waals surface area contributed by atoms with Crippen LogP contribution >= 0.6 is 11.6 Å². The molecule has 0 spiro atoms. The molecule has 1 amide bonds. The minimum atomic E-state index is -3.54. The Balaban J connectivity index is 1.62. The Kier molecular flexibility index (Phi) is 6.66. The fourth-order valence-electron chi connectivity index (χ4n) is 3.49. The lowest BCUT2D eigenvalue weighted by molar-refractivity contribution is -0.120. The van der Waals surface area contributed by atoms with Crippen molar-refractivity contribution in [1.29, 1.82) is 0 Å². The van der Waals surface area contributed by atoms with E-state index in [1.807, 2.05) is 25.1 Å². The van der Waals surface area contributed by atoms with Crippen LogP contribution in [0.1, 0.15) is 43.7 Å². The third-order valence-electron chi connectivity index (χ3n) is 5.39. The van der Waals surface area contributed by atoms with Crippen LogP contribution in [-0.4, -0.2) is 31.7 Å². The summed E-state index contributed by atoms with van der Waals surface area (Å²) < 4.78 is 27.3. The molecule has 1 heterocycles. The van der Waals surface area contributed by atoms with Crippen molar-refractivity contribution in [2.45, 2.75) is 44.4 Å². The topological polar surface area (TPSA) is 66.5 Å². The molecule has 156 valence electrons. The van der Waals surface area contributed by atoms with Crippen molar-refractivity contribution in [2.75, 3.05) is 18.4 Å². The molecule has 2 aromatic rings. The number of halogens is 1. The largest absolute Gasteiger partial charge is 0.325 e. The van der Waals surface area contributed by atoms with Gasteiger partial charge in [0.1, 0.15) is 0 Å². The molecule has 3 rings (SSSR count). The molecule has 1 saturated heterocycles. The molecule has 1 fully saturated rings. The number of carbonyl (C=O) groups excluding carboxylic acids is 1. The van der Waals surface area contributed by atoms with E-state index in [4.69, 9.17) is 11.6 Å². The average molecular weight is 435 g/mol. The molecule has 1 N–H and O–H groups in total. The second-order valence-electron chi connectivity index (χ2n) is 7.87. The molecule has 0 bridgehead atoms. The van der Waals surface area contributed by atoms with E-state index in [-0.39, 0.29) is 11.8 Å². The molecule has 2 aromatic carbocycles. The summed E-state index contributed by atoms with van der Waals surface area (Å²) in [6.45, 7) is 6.73. The molecule has 0 atom stereocenters. The van der Waals surface area contributed by atoms with Gasteiger partial charge < -0.3 is 5.32 Å². The zero-order valence-corrected chi connectivity index (χ0v) is 18.6. The maximum absolute atomic E-state index is 12.9. The quantitative estimate of drug-likeness (QED) is 0.734. The van der Waals surface area contributed by atoms with E-state index < -0.39 is 10.0 Å². The van der Waals surface area contributed by atoms with E-state index >= 15 is 0 Å².